The summed E-state index contributed by atoms with van der Waals surface area (Å²) in [7, 11) is 1.61. The molecule has 1 aliphatic rings. The van der Waals surface area contributed by atoms with E-state index >= 15 is 0 Å². The number of carbonyl (C=O) groups excluding carboxylic acids is 1. The summed E-state index contributed by atoms with van der Waals surface area (Å²) in [6.07, 6.45) is 1.81. The zero-order valence-corrected chi connectivity index (χ0v) is 16.4. The van der Waals surface area contributed by atoms with E-state index in [1.807, 2.05) is 18.2 Å². The first kappa shape index (κ1) is 21.0. The fraction of sp³-hybridized carbons (Fsp3) is 0.450. The summed E-state index contributed by atoms with van der Waals surface area (Å²) in [5.74, 6) is 0.977. The Kier molecular flexibility index (Phi) is 7.34. The molecule has 1 atom stereocenters. The van der Waals surface area contributed by atoms with Crippen molar-refractivity contribution in [2.75, 3.05) is 32.2 Å². The van der Waals surface area contributed by atoms with Crippen molar-refractivity contribution in [3.63, 3.8) is 0 Å². The summed E-state index contributed by atoms with van der Waals surface area (Å²) in [5, 5.41) is 16.1. The summed E-state index contributed by atoms with van der Waals surface area (Å²) in [6.45, 7) is 1.78. The molecule has 0 radical (unpaired) electrons. The Morgan fingerprint density at radius 2 is 2.17 bits per heavy atom. The Bertz CT molecular complexity index is 828. The highest BCUT2D eigenvalue weighted by Crippen LogP contribution is 2.19. The molecule has 1 saturated heterocycles. The Balaban J connectivity index is 1.47. The number of ether oxygens (including phenoxy) is 2. The average molecular weight is 401 g/mol. The van der Waals surface area contributed by atoms with Gasteiger partial charge in [0.1, 0.15) is 23.6 Å². The molecule has 156 valence electrons. The molecular formula is C20H27N5O4. The number of rotatable bonds is 10. The summed E-state index contributed by atoms with van der Waals surface area (Å²) in [5.41, 5.74) is 8.09. The number of anilines is 1. The third-order valence-electron chi connectivity index (χ3n) is 4.77. The van der Waals surface area contributed by atoms with Gasteiger partial charge in [0, 0.05) is 19.2 Å². The van der Waals surface area contributed by atoms with Gasteiger partial charge >= 0.3 is 0 Å². The van der Waals surface area contributed by atoms with Gasteiger partial charge in [-0.05, 0) is 36.1 Å². The topological polar surface area (TPSA) is 132 Å². The second kappa shape index (κ2) is 10.1. The van der Waals surface area contributed by atoms with Gasteiger partial charge in [0.25, 0.3) is 5.91 Å². The first-order valence-corrected chi connectivity index (χ1v) is 9.57. The third kappa shape index (κ3) is 5.86. The van der Waals surface area contributed by atoms with E-state index in [1.54, 1.807) is 13.2 Å². The van der Waals surface area contributed by atoms with Gasteiger partial charge in [-0.15, -0.1) is 0 Å². The molecule has 1 amide bonds. The van der Waals surface area contributed by atoms with Crippen LogP contribution in [0.4, 0.5) is 5.82 Å². The quantitative estimate of drug-likeness (QED) is 0.452. The first-order chi connectivity index (χ1) is 14.1. The molecule has 0 spiro atoms. The Morgan fingerprint density at radius 3 is 2.86 bits per heavy atom. The molecule has 9 nitrogen and oxygen atoms in total. The number of carbonyl (C=O) groups is 1. The number of amides is 1. The van der Waals surface area contributed by atoms with Crippen LogP contribution in [0.3, 0.4) is 0 Å². The maximum Gasteiger partial charge on any atom is 0.270 e. The van der Waals surface area contributed by atoms with E-state index in [4.69, 9.17) is 15.2 Å². The SMILES string of the molecule is COc1ccc(CCC(O)CNC(=O)c2cc(NC3COC3)ncn2)c(CN)c1. The number of methoxy groups -OCH3 is 1. The number of nitrogens with zero attached hydrogens (tertiary/aromatic N) is 2. The molecule has 0 aliphatic carbocycles. The number of hydrogen-bond acceptors (Lipinski definition) is 8. The second-order valence-corrected chi connectivity index (χ2v) is 6.91. The Hall–Kier alpha value is -2.75. The van der Waals surface area contributed by atoms with Crippen LogP contribution in [0.15, 0.2) is 30.6 Å². The van der Waals surface area contributed by atoms with E-state index in [2.05, 4.69) is 20.6 Å². The van der Waals surface area contributed by atoms with Crippen molar-refractivity contribution >= 4 is 11.7 Å². The lowest BCUT2D eigenvalue weighted by Gasteiger charge is -2.27. The van der Waals surface area contributed by atoms with Gasteiger partial charge in [-0.1, -0.05) is 6.07 Å². The zero-order chi connectivity index (χ0) is 20.6. The van der Waals surface area contributed by atoms with Crippen LogP contribution in [0.1, 0.15) is 28.0 Å². The molecule has 1 aliphatic heterocycles. The van der Waals surface area contributed by atoms with Crippen LogP contribution < -0.4 is 21.1 Å². The number of aryl methyl sites for hydroxylation is 1. The normalized spacial score (nSPS) is 14.7. The van der Waals surface area contributed by atoms with Gasteiger partial charge in [0.05, 0.1) is 32.5 Å². The molecule has 1 aromatic carbocycles. The molecule has 0 bridgehead atoms. The number of nitrogens with one attached hydrogen (secondary N) is 2. The monoisotopic (exact) mass is 401 g/mol. The Morgan fingerprint density at radius 1 is 1.34 bits per heavy atom. The van der Waals surface area contributed by atoms with Gasteiger partial charge in [0.15, 0.2) is 0 Å². The van der Waals surface area contributed by atoms with Crippen molar-refractivity contribution in [3.05, 3.63) is 47.4 Å². The minimum Gasteiger partial charge on any atom is -0.497 e. The zero-order valence-electron chi connectivity index (χ0n) is 16.4. The van der Waals surface area contributed by atoms with Crippen molar-refractivity contribution in [1.82, 2.24) is 15.3 Å². The smallest absolute Gasteiger partial charge is 0.270 e. The van der Waals surface area contributed by atoms with E-state index in [9.17, 15) is 9.90 Å². The largest absolute Gasteiger partial charge is 0.497 e. The van der Waals surface area contributed by atoms with E-state index in [-0.39, 0.29) is 24.2 Å². The van der Waals surface area contributed by atoms with Gasteiger partial charge in [-0.2, -0.15) is 0 Å². The molecule has 5 N–H and O–H groups in total. The number of benzene rings is 1. The van der Waals surface area contributed by atoms with Crippen LogP contribution in [-0.2, 0) is 17.7 Å². The summed E-state index contributed by atoms with van der Waals surface area (Å²) in [4.78, 5) is 20.4. The minimum atomic E-state index is -0.682. The highest BCUT2D eigenvalue weighted by atomic mass is 16.5. The van der Waals surface area contributed by atoms with Crippen molar-refractivity contribution in [3.8, 4) is 5.75 Å². The highest BCUT2D eigenvalue weighted by Gasteiger charge is 2.19. The predicted molar refractivity (Wildman–Crippen MR) is 108 cm³/mol. The van der Waals surface area contributed by atoms with Crippen LogP contribution in [0.2, 0.25) is 0 Å². The molecule has 1 fully saturated rings. The number of aromatic nitrogens is 2. The predicted octanol–water partition coefficient (Wildman–Crippen LogP) is 0.478. The molecule has 2 aromatic rings. The standard InChI is InChI=1S/C20H27N5O4/c1-28-17-5-3-13(14(6-17)8-21)2-4-16(26)9-22-20(27)18-7-19(24-12-23-18)25-15-10-29-11-15/h3,5-7,12,15-16,26H,2,4,8-11,21H2,1H3,(H,22,27)(H,23,24,25). The number of aliphatic hydroxyl groups excluding tert-OH is 1. The molecule has 1 aromatic heterocycles. The number of nitrogens with two attached hydrogens (primary N) is 1. The van der Waals surface area contributed by atoms with Crippen molar-refractivity contribution in [1.29, 1.82) is 0 Å². The number of aliphatic hydroxyl groups is 1. The lowest BCUT2D eigenvalue weighted by molar-refractivity contribution is 0.0209. The van der Waals surface area contributed by atoms with Crippen molar-refractivity contribution in [2.24, 2.45) is 5.73 Å². The fourth-order valence-corrected chi connectivity index (χ4v) is 2.98. The van der Waals surface area contributed by atoms with Crippen LogP contribution in [-0.4, -0.2) is 60.0 Å². The molecule has 2 heterocycles. The average Bonchev–Trinajstić information content (AvgIpc) is 2.73. The molecule has 1 unspecified atom stereocenters. The van der Waals surface area contributed by atoms with Crippen molar-refractivity contribution in [2.45, 2.75) is 31.5 Å². The van der Waals surface area contributed by atoms with Crippen LogP contribution in [0.5, 0.6) is 5.75 Å². The highest BCUT2D eigenvalue weighted by molar-refractivity contribution is 5.92. The van der Waals surface area contributed by atoms with Gasteiger partial charge in [-0.3, -0.25) is 4.79 Å². The number of hydrogen-bond donors (Lipinski definition) is 4. The summed E-state index contributed by atoms with van der Waals surface area (Å²) in [6, 6.07) is 7.53. The van der Waals surface area contributed by atoms with E-state index in [1.165, 1.54) is 6.33 Å². The molecule has 0 saturated carbocycles. The van der Waals surface area contributed by atoms with Gasteiger partial charge in [0.2, 0.25) is 0 Å². The summed E-state index contributed by atoms with van der Waals surface area (Å²) >= 11 is 0. The fourth-order valence-electron chi connectivity index (χ4n) is 2.98. The van der Waals surface area contributed by atoms with Gasteiger partial charge < -0.3 is 30.9 Å². The first-order valence-electron chi connectivity index (χ1n) is 9.57. The van der Waals surface area contributed by atoms with E-state index in [0.717, 1.165) is 16.9 Å². The maximum atomic E-state index is 12.3. The van der Waals surface area contributed by atoms with Crippen LogP contribution in [0.25, 0.3) is 0 Å². The minimum absolute atomic E-state index is 0.135. The van der Waals surface area contributed by atoms with Crippen LogP contribution >= 0.6 is 0 Å². The maximum absolute atomic E-state index is 12.3. The molecule has 29 heavy (non-hydrogen) atoms. The van der Waals surface area contributed by atoms with Crippen LogP contribution in [0, 0.1) is 0 Å². The third-order valence-corrected chi connectivity index (χ3v) is 4.77. The van der Waals surface area contributed by atoms with E-state index in [0.29, 0.717) is 38.4 Å². The van der Waals surface area contributed by atoms with Crippen molar-refractivity contribution < 1.29 is 19.4 Å². The lowest BCUT2D eigenvalue weighted by atomic mass is 10.0. The lowest BCUT2D eigenvalue weighted by Crippen LogP contribution is -2.40. The van der Waals surface area contributed by atoms with Gasteiger partial charge in [-0.25, -0.2) is 9.97 Å². The Labute approximate surface area is 169 Å². The molecule has 9 heteroatoms. The molecule has 3 rings (SSSR count). The van der Waals surface area contributed by atoms with E-state index < -0.39 is 6.10 Å². The second-order valence-electron chi connectivity index (χ2n) is 6.91. The molecular weight excluding hydrogens is 374 g/mol. The summed E-state index contributed by atoms with van der Waals surface area (Å²) < 4.78 is 10.3.